The van der Waals surface area contributed by atoms with Crippen LogP contribution >= 0.6 is 9.42 Å². The molecular weight excluding hydrogens is 938 g/mol. The molecule has 0 heterocycles. The number of nitrogens with two attached hydrogens (primary N) is 4. The minimum atomic E-state index is -1.98. The van der Waals surface area contributed by atoms with Gasteiger partial charge in [0.25, 0.3) is 0 Å². The van der Waals surface area contributed by atoms with Crippen LogP contribution in [0.4, 0.5) is 0 Å². The monoisotopic (exact) mass is 1010 g/mol. The molecule has 0 aromatic rings. The van der Waals surface area contributed by atoms with E-state index >= 15 is 0 Å². The van der Waals surface area contributed by atoms with Crippen molar-refractivity contribution in [3.63, 3.8) is 0 Å². The van der Waals surface area contributed by atoms with Gasteiger partial charge < -0.3 is 39.0 Å². The van der Waals surface area contributed by atoms with Gasteiger partial charge in [-0.1, -0.05) is 125 Å². The summed E-state index contributed by atoms with van der Waals surface area (Å²) in [5.41, 5.74) is 4.27. The van der Waals surface area contributed by atoms with Crippen LogP contribution in [0.5, 0.6) is 0 Å². The molecule has 0 radical (unpaired) electrons. The molecule has 11 N–H and O–H groups in total. The normalized spacial score (nSPS) is 11.4. The largest absolute Gasteiger partial charge is 2.00 e. The summed E-state index contributed by atoms with van der Waals surface area (Å²) < 4.78 is 0. The number of hydrogen-bond acceptors (Lipinski definition) is 3. The zero-order chi connectivity index (χ0) is 29.7. The molecule has 0 rings (SSSR count). The number of halogens is 1. The molecule has 0 saturated carbocycles. The first-order valence-electron chi connectivity index (χ1n) is 13.8. The van der Waals surface area contributed by atoms with Crippen LogP contribution in [0, 0.1) is 0 Å². The molecule has 0 aromatic carbocycles. The third kappa shape index (κ3) is 19.4. The van der Waals surface area contributed by atoms with E-state index in [1.807, 2.05) is 0 Å². The predicted molar refractivity (Wildman–Crippen MR) is 187 cm³/mol. The van der Waals surface area contributed by atoms with Crippen LogP contribution in [-0.2, 0) is 39.8 Å². The van der Waals surface area contributed by atoms with Gasteiger partial charge in [-0.15, -0.1) is 0 Å². The van der Waals surface area contributed by atoms with Crippen LogP contribution in [0.15, 0.2) is 0 Å². The Hall–Kier alpha value is 2.04. The zero-order valence-corrected chi connectivity index (χ0v) is 37.7. The third-order valence-electron chi connectivity index (χ3n) is 8.32. The number of rotatable bonds is 9. The molecule has 13 heteroatoms. The van der Waals surface area contributed by atoms with E-state index in [9.17, 15) is 14.4 Å². The molecule has 0 aliphatic rings. The Labute approximate surface area is 285 Å². The van der Waals surface area contributed by atoms with Crippen molar-refractivity contribution in [3.8, 4) is 0 Å². The van der Waals surface area contributed by atoms with E-state index in [1.54, 1.807) is 18.8 Å². The van der Waals surface area contributed by atoms with Gasteiger partial charge >= 0.3 is 49.3 Å². The van der Waals surface area contributed by atoms with Gasteiger partial charge in [0, 0.05) is 0 Å². The van der Waals surface area contributed by atoms with Crippen molar-refractivity contribution in [2.75, 3.05) is 0 Å². The standard InChI is InChI=1S/3C9H22OSi.ClH.4H2N.2Pt/c3*1-7(2)11(10,8(3)4)9(5)6;;;;;;;/h3*7-10H,1-6H3;1H;4*1H2;;/q;;;;4*-1;+1;+2/p-1. The molecule has 0 aliphatic heterocycles. The van der Waals surface area contributed by atoms with Gasteiger partial charge in [-0.05, 0) is 49.9 Å². The topological polar surface area (TPSA) is 195 Å². The van der Waals surface area contributed by atoms with Crippen LogP contribution in [0.25, 0.3) is 24.6 Å². The summed E-state index contributed by atoms with van der Waals surface area (Å²) in [6.45, 7) is 38.6. The van der Waals surface area contributed by atoms with Crippen LogP contribution in [-0.4, -0.2) is 39.3 Å². The summed E-state index contributed by atoms with van der Waals surface area (Å²) in [5.74, 6) is 0. The van der Waals surface area contributed by atoms with Crippen LogP contribution in [0.3, 0.4) is 0 Å². The SMILES string of the molecule is CC(C)[Si](O)(C(C)C)C(C)C.CC(C)[Si](O)(C(C)C)C(C)C.CC(C)[Si](O)(C(C)C)C(C)C.[Cl][Pt].[NH2-].[NH2-].[NH2-].[NH2-].[Pt+2]. The molecular formula is C27H74ClN4O3Pt2Si3-2. The quantitative estimate of drug-likeness (QED) is 0.194. The van der Waals surface area contributed by atoms with Crippen LogP contribution < -0.4 is 0 Å². The second kappa shape index (κ2) is 29.7. The molecule has 0 atom stereocenters. The molecule has 0 spiro atoms. The van der Waals surface area contributed by atoms with Crippen LogP contribution in [0.1, 0.15) is 125 Å². The Bertz CT molecular complexity index is 399. The molecule has 40 heavy (non-hydrogen) atoms. The maximum Gasteiger partial charge on any atom is 2.00 e. The van der Waals surface area contributed by atoms with Crippen LogP contribution in [0.2, 0.25) is 49.9 Å². The fourth-order valence-electron chi connectivity index (χ4n) is 6.00. The Morgan fingerprint density at radius 3 is 0.375 bits per heavy atom. The Morgan fingerprint density at radius 2 is 0.375 bits per heavy atom. The summed E-state index contributed by atoms with van der Waals surface area (Å²) in [6.07, 6.45) is 0. The molecule has 0 fully saturated rings. The van der Waals surface area contributed by atoms with Gasteiger partial charge in [0.15, 0.2) is 25.0 Å². The fraction of sp³-hybridized carbons (Fsp3) is 1.00. The van der Waals surface area contributed by atoms with E-state index in [-0.39, 0.29) is 45.7 Å². The molecule has 0 unspecified atom stereocenters. The summed E-state index contributed by atoms with van der Waals surface area (Å²) in [5, 5.41) is 0. The van der Waals surface area contributed by atoms with E-state index in [0.717, 1.165) is 0 Å². The maximum atomic E-state index is 10.4. The van der Waals surface area contributed by atoms with Gasteiger partial charge in [-0.3, -0.25) is 0 Å². The summed E-state index contributed by atoms with van der Waals surface area (Å²) in [4.78, 5) is 31.1. The van der Waals surface area contributed by atoms with Crippen molar-refractivity contribution in [2.24, 2.45) is 0 Å². The van der Waals surface area contributed by atoms with Gasteiger partial charge in [-0.2, -0.15) is 0 Å². The van der Waals surface area contributed by atoms with E-state index in [0.29, 0.717) is 49.9 Å². The van der Waals surface area contributed by atoms with E-state index in [4.69, 9.17) is 0 Å². The molecule has 7 nitrogen and oxygen atoms in total. The summed E-state index contributed by atoms with van der Waals surface area (Å²) in [7, 11) is -1.33. The van der Waals surface area contributed by atoms with E-state index in [2.05, 4.69) is 134 Å². The zero-order valence-electron chi connectivity index (χ0n) is 29.4. The van der Waals surface area contributed by atoms with Crippen molar-refractivity contribution < 1.29 is 54.2 Å². The van der Waals surface area contributed by atoms with Gasteiger partial charge in [-0.25, -0.2) is 0 Å². The summed E-state index contributed by atoms with van der Waals surface area (Å²) >= 11 is 1.61. The second-order valence-electron chi connectivity index (χ2n) is 13.1. The van der Waals surface area contributed by atoms with Crippen molar-refractivity contribution >= 4 is 34.4 Å². The molecule has 0 aliphatic carbocycles. The van der Waals surface area contributed by atoms with Crippen molar-refractivity contribution in [1.29, 1.82) is 0 Å². The van der Waals surface area contributed by atoms with E-state index < -0.39 is 25.0 Å². The predicted octanol–water partition coefficient (Wildman–Crippen LogP) is 13.0. The van der Waals surface area contributed by atoms with E-state index in [1.165, 1.54) is 0 Å². The average Bonchev–Trinajstić information content (AvgIpc) is 2.72. The molecule has 0 aromatic heterocycles. The fourth-order valence-corrected chi connectivity index (χ4v) is 18.0. The first-order valence-corrected chi connectivity index (χ1v) is 23.1. The summed E-state index contributed by atoms with van der Waals surface area (Å²) in [6, 6.07) is 0. The molecule has 0 bridgehead atoms. The maximum absolute atomic E-state index is 10.4. The number of hydrogen-bond donors (Lipinski definition) is 3. The van der Waals surface area contributed by atoms with Gasteiger partial charge in [0.05, 0.1) is 0 Å². The smallest absolute Gasteiger partial charge is 0.693 e. The molecule has 0 amide bonds. The van der Waals surface area contributed by atoms with Gasteiger partial charge in [0.1, 0.15) is 0 Å². The Morgan fingerprint density at radius 1 is 0.325 bits per heavy atom. The Balaban J connectivity index is -0.0000000470. The average molecular weight is 1010 g/mol. The third-order valence-corrected chi connectivity index (χ3v) is 25.0. The van der Waals surface area contributed by atoms with Crippen molar-refractivity contribution in [1.82, 2.24) is 0 Å². The molecule has 261 valence electrons. The van der Waals surface area contributed by atoms with Crippen molar-refractivity contribution in [2.45, 2.75) is 174 Å². The second-order valence-corrected chi connectivity index (χ2v) is 28.8. The van der Waals surface area contributed by atoms with Crippen molar-refractivity contribution in [3.05, 3.63) is 24.6 Å². The Kier molecular flexibility index (Phi) is 48.2. The van der Waals surface area contributed by atoms with Gasteiger partial charge in [0.2, 0.25) is 0 Å². The first kappa shape index (κ1) is 64.9. The minimum absolute atomic E-state index is 0. The first-order chi connectivity index (χ1) is 15.5. The molecule has 0 saturated heterocycles. The minimum Gasteiger partial charge on any atom is -0.693 e.